The number of hydrogen-bond donors (Lipinski definition) is 4. The lowest BCUT2D eigenvalue weighted by atomic mass is 9.88. The molecule has 1 aromatic carbocycles. The Morgan fingerprint density at radius 2 is 1.80 bits per heavy atom. The molecular formula is C30H36F2N6O11S. The Hall–Kier alpha value is -3.92. The maximum atomic E-state index is 14.9. The number of aromatic nitrogens is 4. The molecule has 20 heteroatoms. The van der Waals surface area contributed by atoms with E-state index < -0.39 is 95.3 Å². The van der Waals surface area contributed by atoms with Gasteiger partial charge in [-0.3, -0.25) is 18.9 Å². The summed E-state index contributed by atoms with van der Waals surface area (Å²) in [7, 11) is -4.81. The van der Waals surface area contributed by atoms with Crippen LogP contribution in [0.2, 0.25) is 0 Å². The highest BCUT2D eigenvalue weighted by molar-refractivity contribution is 7.85. The average molecular weight is 727 g/mol. The molecule has 0 bridgehead atoms. The van der Waals surface area contributed by atoms with Crippen LogP contribution in [0.4, 0.5) is 19.4 Å². The van der Waals surface area contributed by atoms with Crippen LogP contribution in [0, 0.1) is 0 Å². The van der Waals surface area contributed by atoms with E-state index in [1.807, 2.05) is 0 Å². The molecule has 2 aromatic heterocycles. The van der Waals surface area contributed by atoms with Gasteiger partial charge in [0.2, 0.25) is 5.91 Å². The van der Waals surface area contributed by atoms with Crippen LogP contribution in [0.3, 0.4) is 0 Å². The van der Waals surface area contributed by atoms with Gasteiger partial charge in [-0.25, -0.2) is 24.5 Å². The van der Waals surface area contributed by atoms with Gasteiger partial charge in [0.15, 0.2) is 34.6 Å². The zero-order valence-corrected chi connectivity index (χ0v) is 28.3. The molecule has 3 aliphatic rings. The van der Waals surface area contributed by atoms with Gasteiger partial charge in [0, 0.05) is 6.42 Å². The number of carbonyl (C=O) groups excluding carboxylic acids is 2. The first kappa shape index (κ1) is 35.9. The first-order valence-electron chi connectivity index (χ1n) is 15.5. The minimum absolute atomic E-state index is 0.0624. The van der Waals surface area contributed by atoms with Crippen LogP contribution in [0.5, 0.6) is 0 Å². The van der Waals surface area contributed by atoms with Gasteiger partial charge >= 0.3 is 22.3 Å². The predicted molar refractivity (Wildman–Crippen MR) is 165 cm³/mol. The first-order chi connectivity index (χ1) is 23.2. The highest BCUT2D eigenvalue weighted by Gasteiger charge is 2.65. The number of nitrogens with zero attached hydrogens (tertiary/aromatic N) is 4. The van der Waals surface area contributed by atoms with E-state index in [-0.39, 0.29) is 28.1 Å². The summed E-state index contributed by atoms with van der Waals surface area (Å²) in [4.78, 5) is 37.7. The maximum absolute atomic E-state index is 14.9. The van der Waals surface area contributed by atoms with Crippen molar-refractivity contribution in [2.24, 2.45) is 0 Å². The summed E-state index contributed by atoms with van der Waals surface area (Å²) in [6, 6.07) is 5.24. The fraction of sp³-hybridized carbons (Fsp3) is 0.567. The van der Waals surface area contributed by atoms with Gasteiger partial charge < -0.3 is 29.2 Å². The van der Waals surface area contributed by atoms with Crippen LogP contribution in [0.25, 0.3) is 11.2 Å². The number of imidazole rings is 1. The number of fused-ring (bicyclic) bond motifs is 3. The van der Waals surface area contributed by atoms with E-state index in [4.69, 9.17) is 23.1 Å². The Bertz CT molecular complexity index is 1920. The number of hydrogen-bond acceptors (Lipinski definition) is 14. The third-order valence-corrected chi connectivity index (χ3v) is 9.24. The summed E-state index contributed by atoms with van der Waals surface area (Å²) in [6.45, 7) is 7.74. The number of nitrogens with one attached hydrogen (secondary N) is 2. The average Bonchev–Trinajstić information content (AvgIpc) is 3.70. The van der Waals surface area contributed by atoms with Crippen LogP contribution in [0.1, 0.15) is 70.9 Å². The van der Waals surface area contributed by atoms with Gasteiger partial charge in [-0.2, -0.15) is 17.2 Å². The number of benzene rings is 1. The van der Waals surface area contributed by atoms with Crippen LogP contribution in [0.15, 0.2) is 36.9 Å². The number of anilines is 1. The Labute approximate surface area is 284 Å². The molecule has 17 nitrogen and oxygen atoms in total. The van der Waals surface area contributed by atoms with E-state index in [0.717, 1.165) is 0 Å². The van der Waals surface area contributed by atoms with E-state index in [9.17, 15) is 37.0 Å². The Morgan fingerprint density at radius 3 is 2.52 bits per heavy atom. The fourth-order valence-electron chi connectivity index (χ4n) is 6.23. The number of aliphatic hydroxyl groups excluding tert-OH is 1. The number of ether oxygens (including phenoxy) is 4. The number of halogens is 2. The summed E-state index contributed by atoms with van der Waals surface area (Å²) in [5.74, 6) is -6.34. The van der Waals surface area contributed by atoms with Crippen molar-refractivity contribution in [3.05, 3.63) is 48.0 Å². The van der Waals surface area contributed by atoms with Crippen molar-refractivity contribution >= 4 is 39.3 Å². The standard InChI is InChI=1S/C30H36F2N6O11S/c1-27(2,3)49-26(41)36-23-19-24(34-13-33-23)38(14-35-19)25-21-20(47-28(4,5)48-21)17(46-25)12-45-50(43,44)37-18(39)10-11-29(42)16-9-7-6-8-15(16)22(40)30(29,31)32/h6-9,13-14,17,20-22,25,40,42H,10-12H2,1-5H3,(H,37,39)(H,33,34,36,41)/t17-,20+,21-,22?,25-,29?/m1/s1. The second-order valence-corrected chi connectivity index (χ2v) is 14.9. The topological polar surface area (TPSA) is 223 Å². The van der Waals surface area contributed by atoms with Crippen LogP contribution < -0.4 is 10.0 Å². The number of alkyl halides is 2. The molecule has 2 aliphatic heterocycles. The highest BCUT2D eigenvalue weighted by atomic mass is 32.2. The third kappa shape index (κ3) is 6.63. The molecule has 1 aliphatic carbocycles. The van der Waals surface area contributed by atoms with Crippen LogP contribution >= 0.6 is 0 Å². The molecular weight excluding hydrogens is 690 g/mol. The SMILES string of the molecule is CC(C)(C)OC(=O)Nc1ncnc2c1ncn2[C@@H]1O[C@H](COS(=O)(=O)NC(=O)CCC2(O)c3ccccc3C(O)C2(F)F)[C@@H]2OC(C)(C)O[C@H]21. The molecule has 50 heavy (non-hydrogen) atoms. The zero-order valence-electron chi connectivity index (χ0n) is 27.5. The molecule has 6 rings (SSSR count). The summed E-state index contributed by atoms with van der Waals surface area (Å²) >= 11 is 0. The molecule has 0 saturated carbocycles. The minimum atomic E-state index is -4.81. The van der Waals surface area contributed by atoms with Gasteiger partial charge in [0.25, 0.3) is 0 Å². The largest absolute Gasteiger partial charge is 0.444 e. The summed E-state index contributed by atoms with van der Waals surface area (Å²) in [6.07, 6.45) is -6.01. The van der Waals surface area contributed by atoms with E-state index in [2.05, 4.69) is 20.3 Å². The van der Waals surface area contributed by atoms with E-state index in [1.54, 1.807) is 39.3 Å². The van der Waals surface area contributed by atoms with Gasteiger partial charge in [0.1, 0.15) is 36.3 Å². The third-order valence-electron chi connectivity index (χ3n) is 8.31. The Kier molecular flexibility index (Phi) is 8.89. The molecule has 2 unspecified atom stereocenters. The fourth-order valence-corrected chi connectivity index (χ4v) is 6.99. The molecule has 2 fully saturated rings. The Morgan fingerprint density at radius 1 is 1.10 bits per heavy atom. The monoisotopic (exact) mass is 726 g/mol. The quantitative estimate of drug-likeness (QED) is 0.249. The number of carbonyl (C=O) groups is 2. The predicted octanol–water partition coefficient (Wildman–Crippen LogP) is 2.32. The minimum Gasteiger partial charge on any atom is -0.444 e. The number of amides is 2. The second-order valence-electron chi connectivity index (χ2n) is 13.5. The molecule has 6 atom stereocenters. The lowest BCUT2D eigenvalue weighted by Crippen LogP contribution is -2.45. The second kappa shape index (κ2) is 12.4. The van der Waals surface area contributed by atoms with Crippen molar-refractivity contribution in [1.82, 2.24) is 24.2 Å². The van der Waals surface area contributed by atoms with Crippen molar-refractivity contribution in [2.45, 2.75) is 101 Å². The molecule has 272 valence electrons. The van der Waals surface area contributed by atoms with Gasteiger partial charge in [-0.1, -0.05) is 24.3 Å². The van der Waals surface area contributed by atoms with Crippen molar-refractivity contribution < 1.29 is 60.1 Å². The summed E-state index contributed by atoms with van der Waals surface area (Å²) < 4.78 is 87.0. The van der Waals surface area contributed by atoms with Gasteiger partial charge in [0.05, 0.1) is 12.9 Å². The smallest absolute Gasteiger partial charge is 0.413 e. The summed E-state index contributed by atoms with van der Waals surface area (Å²) in [5.41, 5.74) is -3.72. The first-order valence-corrected chi connectivity index (χ1v) is 16.9. The summed E-state index contributed by atoms with van der Waals surface area (Å²) in [5, 5.41) is 23.5. The van der Waals surface area contributed by atoms with E-state index >= 15 is 0 Å². The normalized spacial score (nSPS) is 28.3. The number of rotatable bonds is 9. The van der Waals surface area contributed by atoms with Gasteiger partial charge in [-0.15, -0.1) is 0 Å². The van der Waals surface area contributed by atoms with Crippen LogP contribution in [-0.2, 0) is 43.8 Å². The lowest BCUT2D eigenvalue weighted by molar-refractivity contribution is -0.226. The molecule has 2 saturated heterocycles. The number of aliphatic hydroxyl groups is 2. The van der Waals surface area contributed by atoms with Crippen molar-refractivity contribution in [1.29, 1.82) is 0 Å². The molecule has 3 aromatic rings. The van der Waals surface area contributed by atoms with Crippen molar-refractivity contribution in [2.75, 3.05) is 11.9 Å². The highest BCUT2D eigenvalue weighted by Crippen LogP contribution is 2.56. The Balaban J connectivity index is 1.12. The van der Waals surface area contributed by atoms with Crippen molar-refractivity contribution in [3.63, 3.8) is 0 Å². The van der Waals surface area contributed by atoms with Gasteiger partial charge in [-0.05, 0) is 52.2 Å². The zero-order chi connectivity index (χ0) is 36.4. The lowest BCUT2D eigenvalue weighted by Gasteiger charge is -2.31. The van der Waals surface area contributed by atoms with E-state index in [0.29, 0.717) is 0 Å². The molecule has 0 radical (unpaired) electrons. The molecule has 0 spiro atoms. The van der Waals surface area contributed by atoms with Crippen molar-refractivity contribution in [3.8, 4) is 0 Å². The molecule has 2 amide bonds. The molecule has 4 N–H and O–H groups in total. The molecule has 4 heterocycles. The van der Waals surface area contributed by atoms with E-state index in [1.165, 1.54) is 41.5 Å². The maximum Gasteiger partial charge on any atom is 0.413 e. The van der Waals surface area contributed by atoms with Crippen LogP contribution in [-0.4, -0.2) is 92.4 Å².